The van der Waals surface area contributed by atoms with Crippen molar-refractivity contribution < 1.29 is 4.79 Å². The lowest BCUT2D eigenvalue weighted by molar-refractivity contribution is -0.121. The first-order valence-electron chi connectivity index (χ1n) is 4.52. The number of carbonyl (C=O) groups is 1. The molecular formula is C9H12ClN3O2. The Labute approximate surface area is 91.9 Å². The Morgan fingerprint density at radius 1 is 1.73 bits per heavy atom. The van der Waals surface area contributed by atoms with Gasteiger partial charge in [0.25, 0.3) is 5.56 Å². The molecule has 0 aliphatic carbocycles. The number of halogens is 1. The lowest BCUT2D eigenvalue weighted by Crippen LogP contribution is -2.35. The zero-order chi connectivity index (χ0) is 11.6. The number of aromatic nitrogens is 2. The summed E-state index contributed by atoms with van der Waals surface area (Å²) in [6.07, 6.45) is 0.444. The van der Waals surface area contributed by atoms with Crippen molar-refractivity contribution in [3.05, 3.63) is 27.4 Å². The Balaban J connectivity index is 3.36. The first kappa shape index (κ1) is 11.7. The predicted molar refractivity (Wildman–Crippen MR) is 56.8 cm³/mol. The Hall–Kier alpha value is -1.36. The highest BCUT2D eigenvalue weighted by atomic mass is 35.5. The Kier molecular flexibility index (Phi) is 3.47. The molecule has 0 radical (unpaired) electrons. The molecule has 1 aromatic rings. The molecule has 0 saturated heterocycles. The van der Waals surface area contributed by atoms with Gasteiger partial charge in [-0.2, -0.15) is 0 Å². The van der Waals surface area contributed by atoms with E-state index in [1.165, 1.54) is 10.6 Å². The highest BCUT2D eigenvalue weighted by Gasteiger charge is 2.18. The molecule has 0 aliphatic rings. The summed E-state index contributed by atoms with van der Waals surface area (Å²) in [6.45, 7) is 3.38. The fraction of sp³-hybridized carbons (Fsp3) is 0.444. The molecule has 82 valence electrons. The largest absolute Gasteiger partial charge is 0.368 e. The van der Waals surface area contributed by atoms with E-state index in [1.807, 2.05) is 0 Å². The summed E-state index contributed by atoms with van der Waals surface area (Å²) in [7, 11) is 0. The molecule has 15 heavy (non-hydrogen) atoms. The average molecular weight is 230 g/mol. The first-order valence-corrected chi connectivity index (χ1v) is 4.90. The van der Waals surface area contributed by atoms with Crippen molar-refractivity contribution in [2.45, 2.75) is 26.3 Å². The maximum Gasteiger partial charge on any atom is 0.255 e. The van der Waals surface area contributed by atoms with Gasteiger partial charge in [0.15, 0.2) is 0 Å². The smallest absolute Gasteiger partial charge is 0.255 e. The number of amides is 1. The number of rotatable bonds is 3. The van der Waals surface area contributed by atoms with E-state index in [1.54, 1.807) is 13.8 Å². The van der Waals surface area contributed by atoms with Crippen molar-refractivity contribution in [3.8, 4) is 0 Å². The summed E-state index contributed by atoms with van der Waals surface area (Å²) < 4.78 is 1.26. The fourth-order valence-corrected chi connectivity index (χ4v) is 1.68. The molecule has 1 rings (SSSR count). The Morgan fingerprint density at radius 3 is 2.73 bits per heavy atom. The minimum absolute atomic E-state index is 0.119. The van der Waals surface area contributed by atoms with Crippen molar-refractivity contribution in [2.24, 2.45) is 5.73 Å². The molecule has 1 heterocycles. The summed E-state index contributed by atoms with van der Waals surface area (Å²) in [5.74, 6) is -0.162. The number of primary amides is 1. The van der Waals surface area contributed by atoms with Gasteiger partial charge in [-0.05, 0) is 13.3 Å². The van der Waals surface area contributed by atoms with E-state index in [0.717, 1.165) is 0 Å². The number of carbonyl (C=O) groups excluding carboxylic acids is 1. The fourth-order valence-electron chi connectivity index (χ4n) is 1.46. The minimum Gasteiger partial charge on any atom is -0.368 e. The van der Waals surface area contributed by atoms with Gasteiger partial charge in [0.2, 0.25) is 5.91 Å². The summed E-state index contributed by atoms with van der Waals surface area (Å²) in [5.41, 5.74) is 4.83. The van der Waals surface area contributed by atoms with Crippen LogP contribution in [0.3, 0.4) is 0 Å². The Bertz CT molecular complexity index is 441. The van der Waals surface area contributed by atoms with E-state index in [0.29, 0.717) is 12.2 Å². The van der Waals surface area contributed by atoms with Crippen LogP contribution in [0.15, 0.2) is 10.9 Å². The van der Waals surface area contributed by atoms with Crippen molar-refractivity contribution in [3.63, 3.8) is 0 Å². The first-order chi connectivity index (χ1) is 6.97. The van der Waals surface area contributed by atoms with Crippen LogP contribution in [0.1, 0.15) is 25.2 Å². The molecule has 0 aliphatic heterocycles. The molecular weight excluding hydrogens is 218 g/mol. The van der Waals surface area contributed by atoms with E-state index in [2.05, 4.69) is 4.98 Å². The average Bonchev–Trinajstić information content (AvgIpc) is 2.09. The Morgan fingerprint density at radius 2 is 2.33 bits per heavy atom. The van der Waals surface area contributed by atoms with Gasteiger partial charge < -0.3 is 5.73 Å². The molecule has 1 unspecified atom stereocenters. The molecule has 6 heteroatoms. The molecule has 1 amide bonds. The third kappa shape index (κ3) is 2.36. The standard InChI is InChI=1S/C9H12ClN3O2/c1-3-6(9(11)15)13-5(2)12-7(10)4-8(13)14/h4,6H,3H2,1-2H3,(H2,11,15). The van der Waals surface area contributed by atoms with Crippen LogP contribution < -0.4 is 11.3 Å². The number of hydrogen-bond donors (Lipinski definition) is 1. The van der Waals surface area contributed by atoms with Crippen LogP contribution in [0, 0.1) is 6.92 Å². The van der Waals surface area contributed by atoms with Crippen LogP contribution in [-0.2, 0) is 4.79 Å². The molecule has 0 aromatic carbocycles. The summed E-state index contributed by atoms with van der Waals surface area (Å²) in [4.78, 5) is 26.6. The second-order valence-corrected chi connectivity index (χ2v) is 3.55. The predicted octanol–water partition coefficient (Wildman–Crippen LogP) is 0.642. The van der Waals surface area contributed by atoms with E-state index in [4.69, 9.17) is 17.3 Å². The van der Waals surface area contributed by atoms with Crippen LogP contribution in [0.2, 0.25) is 5.15 Å². The van der Waals surface area contributed by atoms with E-state index in [-0.39, 0.29) is 10.7 Å². The highest BCUT2D eigenvalue weighted by Crippen LogP contribution is 2.11. The van der Waals surface area contributed by atoms with Crippen molar-refractivity contribution >= 4 is 17.5 Å². The summed E-state index contributed by atoms with van der Waals surface area (Å²) in [5, 5.41) is 0.119. The van der Waals surface area contributed by atoms with Crippen LogP contribution in [0.25, 0.3) is 0 Å². The van der Waals surface area contributed by atoms with E-state index >= 15 is 0 Å². The van der Waals surface area contributed by atoms with Crippen molar-refractivity contribution in [1.29, 1.82) is 0 Å². The third-order valence-electron chi connectivity index (χ3n) is 2.12. The molecule has 0 fully saturated rings. The monoisotopic (exact) mass is 229 g/mol. The maximum atomic E-state index is 11.6. The van der Waals surface area contributed by atoms with Crippen molar-refractivity contribution in [2.75, 3.05) is 0 Å². The van der Waals surface area contributed by atoms with Gasteiger partial charge in [-0.25, -0.2) is 4.98 Å². The highest BCUT2D eigenvalue weighted by molar-refractivity contribution is 6.29. The van der Waals surface area contributed by atoms with Gasteiger partial charge in [-0.3, -0.25) is 14.2 Å². The van der Waals surface area contributed by atoms with Crippen LogP contribution in [0.5, 0.6) is 0 Å². The van der Waals surface area contributed by atoms with E-state index < -0.39 is 11.9 Å². The second kappa shape index (κ2) is 4.44. The van der Waals surface area contributed by atoms with Gasteiger partial charge in [-0.15, -0.1) is 0 Å². The third-order valence-corrected chi connectivity index (χ3v) is 2.32. The topological polar surface area (TPSA) is 78.0 Å². The molecule has 5 nitrogen and oxygen atoms in total. The van der Waals surface area contributed by atoms with Gasteiger partial charge in [0, 0.05) is 6.07 Å². The zero-order valence-electron chi connectivity index (χ0n) is 8.53. The zero-order valence-corrected chi connectivity index (χ0v) is 9.28. The lowest BCUT2D eigenvalue weighted by Gasteiger charge is -2.16. The van der Waals surface area contributed by atoms with Gasteiger partial charge in [0.1, 0.15) is 17.0 Å². The van der Waals surface area contributed by atoms with Crippen LogP contribution >= 0.6 is 11.6 Å². The molecule has 2 N–H and O–H groups in total. The molecule has 1 atom stereocenters. The maximum absolute atomic E-state index is 11.6. The second-order valence-electron chi connectivity index (χ2n) is 3.16. The normalized spacial score (nSPS) is 12.5. The molecule has 1 aromatic heterocycles. The summed E-state index contributed by atoms with van der Waals surface area (Å²) in [6, 6.07) is 0.502. The SMILES string of the molecule is CCC(C(N)=O)n1c(C)nc(Cl)cc1=O. The number of nitrogens with zero attached hydrogens (tertiary/aromatic N) is 2. The molecule has 0 saturated carbocycles. The summed E-state index contributed by atoms with van der Waals surface area (Å²) >= 11 is 5.61. The van der Waals surface area contributed by atoms with E-state index in [9.17, 15) is 9.59 Å². The molecule has 0 bridgehead atoms. The van der Waals surface area contributed by atoms with Crippen LogP contribution in [-0.4, -0.2) is 15.5 Å². The minimum atomic E-state index is -0.665. The van der Waals surface area contributed by atoms with Crippen molar-refractivity contribution in [1.82, 2.24) is 9.55 Å². The van der Waals surface area contributed by atoms with Gasteiger partial charge in [-0.1, -0.05) is 18.5 Å². The lowest BCUT2D eigenvalue weighted by atomic mass is 10.2. The number of nitrogens with two attached hydrogens (primary N) is 1. The van der Waals surface area contributed by atoms with Gasteiger partial charge in [0.05, 0.1) is 0 Å². The quantitative estimate of drug-likeness (QED) is 0.773. The van der Waals surface area contributed by atoms with Gasteiger partial charge >= 0.3 is 0 Å². The number of hydrogen-bond acceptors (Lipinski definition) is 3. The number of aryl methyl sites for hydroxylation is 1. The van der Waals surface area contributed by atoms with Crippen LogP contribution in [0.4, 0.5) is 0 Å². The molecule has 0 spiro atoms.